The van der Waals surface area contributed by atoms with Gasteiger partial charge in [0.05, 0.1) is 0 Å². The fraction of sp³-hybridized carbons (Fsp3) is 1.00. The summed E-state index contributed by atoms with van der Waals surface area (Å²) in [7, 11) is -3.37. The summed E-state index contributed by atoms with van der Waals surface area (Å²) >= 11 is 0. The van der Waals surface area contributed by atoms with Gasteiger partial charge in [-0.25, -0.2) is 0 Å². The Morgan fingerprint density at radius 1 is 1.25 bits per heavy atom. The molecule has 0 unspecified atom stereocenters. The minimum Gasteiger partial charge on any atom is -0.510 e. The second-order valence-corrected chi connectivity index (χ2v) is 0.750. The van der Waals surface area contributed by atoms with Gasteiger partial charge in [0, 0.05) is 7.11 Å². The lowest BCUT2D eigenvalue weighted by Gasteiger charge is -2.08. The lowest BCUT2D eigenvalue weighted by atomic mass is 10.3. The smallest absolute Gasteiger partial charge is 0.510 e. The van der Waals surface area contributed by atoms with Crippen LogP contribution in [0.2, 0.25) is 0 Å². The Hall–Kier alpha value is -0.225. The summed E-state index contributed by atoms with van der Waals surface area (Å²) < 4.78 is 34.9. The van der Waals surface area contributed by atoms with Crippen LogP contribution in [0.5, 0.6) is 0 Å². The Morgan fingerprint density at radius 2 is 1.38 bits per heavy atom. The van der Waals surface area contributed by atoms with Gasteiger partial charge in [-0.05, 0) is 7.11 Å². The van der Waals surface area contributed by atoms with E-state index in [1.165, 1.54) is 0 Å². The molecule has 0 amide bonds. The zero-order valence-electron chi connectivity index (χ0n) is 4.57. The first-order valence-electron chi connectivity index (χ1n) is 1.75. The number of halogens is 3. The number of hydrogen-bond acceptors (Lipinski definition) is 2. The van der Waals surface area contributed by atoms with Crippen molar-refractivity contribution in [3.8, 4) is 0 Å². The molecule has 0 aliphatic heterocycles. The van der Waals surface area contributed by atoms with E-state index in [1.54, 1.807) is 0 Å². The summed E-state index contributed by atoms with van der Waals surface area (Å²) in [4.78, 5) is 0. The number of aliphatic hydroxyl groups excluding tert-OH is 1. The third-order valence-corrected chi connectivity index (χ3v) is 0.267. The van der Waals surface area contributed by atoms with Crippen molar-refractivity contribution in [3.05, 3.63) is 0 Å². The Bertz CT molecular complexity index is 45.0. The molecule has 0 aromatic rings. The van der Waals surface area contributed by atoms with Crippen LogP contribution in [0.1, 0.15) is 0 Å². The summed E-state index contributed by atoms with van der Waals surface area (Å²) in [5.74, 6) is 0. The number of aliphatic hydroxyl groups is 1. The van der Waals surface area contributed by atoms with E-state index in [1.807, 2.05) is 0 Å². The van der Waals surface area contributed by atoms with Gasteiger partial charge in [-0.2, -0.15) is 0 Å². The van der Waals surface area contributed by atoms with E-state index in [0.717, 1.165) is 7.11 Å². The summed E-state index contributed by atoms with van der Waals surface area (Å²) in [6, 6.07) is 0. The summed E-state index contributed by atoms with van der Waals surface area (Å²) in [6.07, 6.45) is 0. The lowest BCUT2D eigenvalue weighted by molar-refractivity contribution is 0.225. The fourth-order valence-electron chi connectivity index (χ4n) is 0. The van der Waals surface area contributed by atoms with Crippen LogP contribution in [-0.2, 0) is 4.65 Å². The average molecular weight is 131 g/mol. The molecule has 2 nitrogen and oxygen atoms in total. The van der Waals surface area contributed by atoms with Gasteiger partial charge in [-0.15, -0.1) is 0 Å². The molecule has 0 heterocycles. The van der Waals surface area contributed by atoms with E-state index in [4.69, 9.17) is 5.11 Å². The summed E-state index contributed by atoms with van der Waals surface area (Å²) in [5, 5.41) is 7.00. The van der Waals surface area contributed by atoms with Gasteiger partial charge < -0.3 is 22.7 Å². The molecule has 0 radical (unpaired) electrons. The highest BCUT2D eigenvalue weighted by Gasteiger charge is 2.22. The second kappa shape index (κ2) is 4.92. The molecule has 0 bridgehead atoms. The van der Waals surface area contributed by atoms with Crippen LogP contribution in [0.15, 0.2) is 0 Å². The van der Waals surface area contributed by atoms with Crippen LogP contribution >= 0.6 is 0 Å². The summed E-state index contributed by atoms with van der Waals surface area (Å²) in [5.41, 5.74) is 0. The Labute approximate surface area is 45.4 Å². The number of rotatable bonds is 1. The Balaban J connectivity index is 0. The van der Waals surface area contributed by atoms with Crippen LogP contribution in [0.4, 0.5) is 12.9 Å². The molecule has 0 aromatic carbocycles. The van der Waals surface area contributed by atoms with E-state index in [2.05, 4.69) is 4.65 Å². The van der Waals surface area contributed by atoms with Crippen molar-refractivity contribution >= 4 is 7.18 Å². The molecular formula is C2H7BF3O2-. The molecule has 0 saturated heterocycles. The molecule has 0 aliphatic carbocycles. The van der Waals surface area contributed by atoms with E-state index in [0.29, 0.717) is 7.11 Å². The third kappa shape index (κ3) is 17.1. The predicted molar refractivity (Wildman–Crippen MR) is 24.2 cm³/mol. The van der Waals surface area contributed by atoms with Gasteiger partial charge in [0.25, 0.3) is 0 Å². The van der Waals surface area contributed by atoms with E-state index < -0.39 is 7.18 Å². The monoisotopic (exact) mass is 131 g/mol. The maximum absolute atomic E-state index is 10.6. The molecule has 0 fully saturated rings. The van der Waals surface area contributed by atoms with Gasteiger partial charge in [-0.3, -0.25) is 0 Å². The largest absolute Gasteiger partial charge is 0.637 e. The maximum Gasteiger partial charge on any atom is 0.637 e. The Kier molecular flexibility index (Phi) is 6.58. The van der Waals surface area contributed by atoms with Crippen LogP contribution in [0, 0.1) is 0 Å². The van der Waals surface area contributed by atoms with Crippen molar-refractivity contribution in [1.82, 2.24) is 0 Å². The minimum atomic E-state index is -4.99. The summed E-state index contributed by atoms with van der Waals surface area (Å²) in [6.45, 7) is 0. The van der Waals surface area contributed by atoms with Crippen molar-refractivity contribution < 1.29 is 22.7 Å². The lowest BCUT2D eigenvalue weighted by Crippen LogP contribution is -2.17. The highest BCUT2D eigenvalue weighted by molar-refractivity contribution is 6.50. The SMILES string of the molecule is CO.CO[B-](F)(F)F. The van der Waals surface area contributed by atoms with Gasteiger partial charge >= 0.3 is 7.18 Å². The highest BCUT2D eigenvalue weighted by Crippen LogP contribution is 2.06. The molecule has 52 valence electrons. The average Bonchev–Trinajstić information content (AvgIpc) is 1.71. The fourth-order valence-corrected chi connectivity index (χ4v) is 0. The molecule has 0 atom stereocenters. The third-order valence-electron chi connectivity index (χ3n) is 0.267. The van der Waals surface area contributed by atoms with Crippen LogP contribution in [-0.4, -0.2) is 26.5 Å². The topological polar surface area (TPSA) is 29.5 Å². The van der Waals surface area contributed by atoms with Crippen molar-refractivity contribution in [2.24, 2.45) is 0 Å². The first-order valence-corrected chi connectivity index (χ1v) is 1.75. The molecule has 6 heteroatoms. The first kappa shape index (κ1) is 10.7. The zero-order chi connectivity index (χ0) is 7.21. The first-order chi connectivity index (χ1) is 3.56. The highest BCUT2D eigenvalue weighted by atomic mass is 19.4. The maximum atomic E-state index is 10.6. The normalized spacial score (nSPS) is 9.75. The minimum absolute atomic E-state index is 0.611. The van der Waals surface area contributed by atoms with E-state index >= 15 is 0 Å². The van der Waals surface area contributed by atoms with Crippen LogP contribution in [0.25, 0.3) is 0 Å². The molecule has 8 heavy (non-hydrogen) atoms. The van der Waals surface area contributed by atoms with Crippen molar-refractivity contribution in [3.63, 3.8) is 0 Å². The molecule has 0 rings (SSSR count). The van der Waals surface area contributed by atoms with Crippen molar-refractivity contribution in [1.29, 1.82) is 0 Å². The van der Waals surface area contributed by atoms with Crippen molar-refractivity contribution in [2.75, 3.05) is 14.2 Å². The molecule has 0 aliphatic rings. The zero-order valence-corrected chi connectivity index (χ0v) is 4.57. The molecule has 0 spiro atoms. The van der Waals surface area contributed by atoms with Crippen molar-refractivity contribution in [2.45, 2.75) is 0 Å². The van der Waals surface area contributed by atoms with Gasteiger partial charge in [0.15, 0.2) is 0 Å². The molecule has 0 aromatic heterocycles. The number of hydrogen-bond donors (Lipinski definition) is 1. The van der Waals surface area contributed by atoms with Gasteiger partial charge in [0.2, 0.25) is 0 Å². The molecule has 1 N–H and O–H groups in total. The Morgan fingerprint density at radius 3 is 1.38 bits per heavy atom. The quantitative estimate of drug-likeness (QED) is 0.527. The molecule has 0 saturated carbocycles. The van der Waals surface area contributed by atoms with Crippen LogP contribution in [0.3, 0.4) is 0 Å². The molecular weight excluding hydrogens is 124 g/mol. The predicted octanol–water partition coefficient (Wildman–Crippen LogP) is 0.585. The second-order valence-electron chi connectivity index (χ2n) is 0.750. The van der Waals surface area contributed by atoms with E-state index in [-0.39, 0.29) is 0 Å². The van der Waals surface area contributed by atoms with Gasteiger partial charge in [0.1, 0.15) is 0 Å². The van der Waals surface area contributed by atoms with Gasteiger partial charge in [-0.1, -0.05) is 0 Å². The van der Waals surface area contributed by atoms with E-state index in [9.17, 15) is 12.9 Å². The standard InChI is InChI=1S/CH3BF3O.CH4O/c1-6-2(3,4)5;1-2/h1H3;2H,1H3/q-1;. The van der Waals surface area contributed by atoms with Crippen LogP contribution < -0.4 is 0 Å².